The van der Waals surface area contributed by atoms with Gasteiger partial charge in [-0.2, -0.15) is 10.2 Å². The van der Waals surface area contributed by atoms with E-state index < -0.39 is 0 Å². The molecule has 0 radical (unpaired) electrons. The van der Waals surface area contributed by atoms with Crippen LogP contribution < -0.4 is 0 Å². The molecule has 2 heteroatoms. The van der Waals surface area contributed by atoms with Gasteiger partial charge >= 0.3 is 0 Å². The maximum absolute atomic E-state index is 3.96. The minimum absolute atomic E-state index is 0.722. The molecule has 0 N–H and O–H groups in total. The Bertz CT molecular complexity index is 147. The molecule has 1 rings (SSSR count). The van der Waals surface area contributed by atoms with Crippen LogP contribution in [0.2, 0.25) is 0 Å². The summed E-state index contributed by atoms with van der Waals surface area (Å²) in [6.45, 7) is 4.25. The van der Waals surface area contributed by atoms with E-state index in [-0.39, 0.29) is 0 Å². The van der Waals surface area contributed by atoms with Crippen LogP contribution in [0.3, 0.4) is 0 Å². The lowest BCUT2D eigenvalue weighted by Crippen LogP contribution is -1.99. The van der Waals surface area contributed by atoms with E-state index in [0.717, 1.165) is 24.5 Å². The summed E-state index contributed by atoms with van der Waals surface area (Å²) in [4.78, 5) is 0. The van der Waals surface area contributed by atoms with Gasteiger partial charge < -0.3 is 0 Å². The molecule has 1 aliphatic heterocycles. The maximum Gasteiger partial charge on any atom is 0.0377 e. The molecule has 0 saturated heterocycles. The zero-order valence-electron chi connectivity index (χ0n) is 5.96. The SMILES string of the molecule is CC1=NN=CCC(C)C1. The fourth-order valence-corrected chi connectivity index (χ4v) is 0.995. The van der Waals surface area contributed by atoms with Crippen LogP contribution in [0, 0.1) is 5.92 Å². The number of hydrogen-bond donors (Lipinski definition) is 0. The van der Waals surface area contributed by atoms with E-state index >= 15 is 0 Å². The summed E-state index contributed by atoms with van der Waals surface area (Å²) in [6.07, 6.45) is 4.06. The first-order valence-corrected chi connectivity index (χ1v) is 3.34. The predicted octanol–water partition coefficient (Wildman–Crippen LogP) is 1.86. The predicted molar refractivity (Wildman–Crippen MR) is 40.0 cm³/mol. The highest BCUT2D eigenvalue weighted by atomic mass is 15.2. The van der Waals surface area contributed by atoms with Crippen molar-refractivity contribution < 1.29 is 0 Å². The Hall–Kier alpha value is -0.660. The normalized spacial score (nSPS) is 27.3. The molecule has 0 aromatic carbocycles. The standard InChI is InChI=1S/C7H12N2/c1-6-3-4-8-9-7(2)5-6/h4,6H,3,5H2,1-2H3. The fraction of sp³-hybridized carbons (Fsp3) is 0.714. The van der Waals surface area contributed by atoms with E-state index in [9.17, 15) is 0 Å². The highest BCUT2D eigenvalue weighted by molar-refractivity contribution is 5.83. The molecule has 1 unspecified atom stereocenters. The molecular weight excluding hydrogens is 112 g/mol. The summed E-state index contributed by atoms with van der Waals surface area (Å²) in [7, 11) is 0. The molecule has 1 heterocycles. The third kappa shape index (κ3) is 1.96. The quantitative estimate of drug-likeness (QED) is 0.471. The molecule has 0 aliphatic carbocycles. The maximum atomic E-state index is 3.96. The first kappa shape index (κ1) is 6.46. The van der Waals surface area contributed by atoms with Gasteiger partial charge in [0.15, 0.2) is 0 Å². The smallest absolute Gasteiger partial charge is 0.0377 e. The Morgan fingerprint density at radius 3 is 3.22 bits per heavy atom. The molecule has 0 amide bonds. The molecule has 9 heavy (non-hydrogen) atoms. The molecule has 1 atom stereocenters. The van der Waals surface area contributed by atoms with Gasteiger partial charge in [-0.1, -0.05) is 6.92 Å². The summed E-state index contributed by atoms with van der Waals surface area (Å²) >= 11 is 0. The van der Waals surface area contributed by atoms with Crippen LogP contribution in [0.5, 0.6) is 0 Å². The van der Waals surface area contributed by atoms with E-state index in [1.807, 2.05) is 13.1 Å². The highest BCUT2D eigenvalue weighted by Gasteiger charge is 2.04. The molecular formula is C7H12N2. The van der Waals surface area contributed by atoms with Gasteiger partial charge in [0.1, 0.15) is 0 Å². The Labute approximate surface area is 55.7 Å². The van der Waals surface area contributed by atoms with Gasteiger partial charge in [0.05, 0.1) is 0 Å². The first-order valence-electron chi connectivity index (χ1n) is 3.34. The first-order chi connectivity index (χ1) is 4.29. The number of nitrogens with zero attached hydrogens (tertiary/aromatic N) is 2. The topological polar surface area (TPSA) is 24.7 Å². The molecule has 0 saturated carbocycles. The van der Waals surface area contributed by atoms with Gasteiger partial charge in [0.25, 0.3) is 0 Å². The van der Waals surface area contributed by atoms with Gasteiger partial charge in [0.2, 0.25) is 0 Å². The molecule has 0 aromatic rings. The van der Waals surface area contributed by atoms with E-state index in [1.165, 1.54) is 0 Å². The molecule has 0 fully saturated rings. The lowest BCUT2D eigenvalue weighted by atomic mass is 10.0. The fourth-order valence-electron chi connectivity index (χ4n) is 0.995. The molecule has 2 nitrogen and oxygen atoms in total. The van der Waals surface area contributed by atoms with Crippen molar-refractivity contribution in [3.05, 3.63) is 0 Å². The van der Waals surface area contributed by atoms with Crippen molar-refractivity contribution in [2.75, 3.05) is 0 Å². The molecule has 1 aliphatic rings. The minimum Gasteiger partial charge on any atom is -0.164 e. The van der Waals surface area contributed by atoms with E-state index in [4.69, 9.17) is 0 Å². The molecule has 50 valence electrons. The van der Waals surface area contributed by atoms with Crippen LogP contribution in [0.15, 0.2) is 10.2 Å². The summed E-state index contributed by atoms with van der Waals surface area (Å²) in [6, 6.07) is 0. The lowest BCUT2D eigenvalue weighted by Gasteiger charge is -2.02. The Kier molecular flexibility index (Phi) is 1.98. The van der Waals surface area contributed by atoms with Crippen molar-refractivity contribution in [3.63, 3.8) is 0 Å². The Morgan fingerprint density at radius 2 is 2.44 bits per heavy atom. The second-order valence-electron chi connectivity index (χ2n) is 2.68. The van der Waals surface area contributed by atoms with Crippen LogP contribution in [0.4, 0.5) is 0 Å². The second kappa shape index (κ2) is 2.76. The second-order valence-corrected chi connectivity index (χ2v) is 2.68. The van der Waals surface area contributed by atoms with Crippen molar-refractivity contribution in [1.29, 1.82) is 0 Å². The zero-order chi connectivity index (χ0) is 6.69. The van der Waals surface area contributed by atoms with Gasteiger partial charge in [-0.05, 0) is 25.7 Å². The third-order valence-corrected chi connectivity index (χ3v) is 1.46. The Balaban J connectivity index is 2.58. The summed E-state index contributed by atoms with van der Waals surface area (Å²) in [5, 5.41) is 7.83. The highest BCUT2D eigenvalue weighted by Crippen LogP contribution is 2.09. The summed E-state index contributed by atoms with van der Waals surface area (Å²) in [5.74, 6) is 0.722. The van der Waals surface area contributed by atoms with E-state index in [0.29, 0.717) is 0 Å². The third-order valence-electron chi connectivity index (χ3n) is 1.46. The van der Waals surface area contributed by atoms with Crippen molar-refractivity contribution in [2.24, 2.45) is 16.1 Å². The van der Waals surface area contributed by atoms with Crippen molar-refractivity contribution >= 4 is 11.9 Å². The minimum atomic E-state index is 0.722. The summed E-state index contributed by atoms with van der Waals surface area (Å²) < 4.78 is 0. The molecule has 0 aromatic heterocycles. The Morgan fingerprint density at radius 1 is 1.67 bits per heavy atom. The van der Waals surface area contributed by atoms with E-state index in [1.54, 1.807) is 0 Å². The average molecular weight is 124 g/mol. The van der Waals surface area contributed by atoms with E-state index in [2.05, 4.69) is 17.1 Å². The largest absolute Gasteiger partial charge is 0.164 e. The molecule has 0 bridgehead atoms. The van der Waals surface area contributed by atoms with Crippen LogP contribution in [0.25, 0.3) is 0 Å². The van der Waals surface area contributed by atoms with Crippen molar-refractivity contribution in [2.45, 2.75) is 26.7 Å². The monoisotopic (exact) mass is 124 g/mol. The van der Waals surface area contributed by atoms with Crippen LogP contribution >= 0.6 is 0 Å². The molecule has 0 spiro atoms. The number of hydrogen-bond acceptors (Lipinski definition) is 2. The van der Waals surface area contributed by atoms with Gasteiger partial charge in [-0.25, -0.2) is 0 Å². The van der Waals surface area contributed by atoms with Crippen LogP contribution in [-0.2, 0) is 0 Å². The van der Waals surface area contributed by atoms with Crippen LogP contribution in [0.1, 0.15) is 26.7 Å². The zero-order valence-corrected chi connectivity index (χ0v) is 5.96. The van der Waals surface area contributed by atoms with Gasteiger partial charge in [-0.15, -0.1) is 0 Å². The lowest BCUT2D eigenvalue weighted by molar-refractivity contribution is 0.646. The van der Waals surface area contributed by atoms with Crippen molar-refractivity contribution in [1.82, 2.24) is 0 Å². The van der Waals surface area contributed by atoms with Crippen LogP contribution in [-0.4, -0.2) is 11.9 Å². The average Bonchev–Trinajstić information content (AvgIpc) is 1.93. The summed E-state index contributed by atoms with van der Waals surface area (Å²) in [5.41, 5.74) is 1.15. The van der Waals surface area contributed by atoms with Gasteiger partial charge in [0, 0.05) is 11.9 Å². The van der Waals surface area contributed by atoms with Gasteiger partial charge in [-0.3, -0.25) is 0 Å². The number of rotatable bonds is 0. The van der Waals surface area contributed by atoms with Crippen molar-refractivity contribution in [3.8, 4) is 0 Å².